The summed E-state index contributed by atoms with van der Waals surface area (Å²) >= 11 is 0. The molecule has 96 valence electrons. The molecule has 2 heteroatoms. The summed E-state index contributed by atoms with van der Waals surface area (Å²) in [6.07, 6.45) is 5.36. The summed E-state index contributed by atoms with van der Waals surface area (Å²) in [5.41, 5.74) is 0. The van der Waals surface area contributed by atoms with Gasteiger partial charge in [-0.1, -0.05) is 20.8 Å². The fourth-order valence-corrected chi connectivity index (χ4v) is 3.16. The molecule has 0 aliphatic heterocycles. The molecule has 1 rings (SSSR count). The molecule has 0 radical (unpaired) electrons. The van der Waals surface area contributed by atoms with E-state index in [1.54, 1.807) is 0 Å². The van der Waals surface area contributed by atoms with Crippen molar-refractivity contribution in [1.82, 2.24) is 10.2 Å². The van der Waals surface area contributed by atoms with Crippen molar-refractivity contribution in [3.8, 4) is 0 Å². The van der Waals surface area contributed by atoms with Crippen LogP contribution in [0.2, 0.25) is 0 Å². The second-order valence-corrected chi connectivity index (χ2v) is 5.47. The Morgan fingerprint density at radius 3 is 2.50 bits per heavy atom. The normalized spacial score (nSPS) is 33.0. The number of rotatable bonds is 5. The molecule has 0 saturated heterocycles. The van der Waals surface area contributed by atoms with E-state index in [1.807, 2.05) is 0 Å². The van der Waals surface area contributed by atoms with Crippen molar-refractivity contribution in [2.45, 2.75) is 71.5 Å². The highest BCUT2D eigenvalue weighted by Gasteiger charge is 2.32. The van der Waals surface area contributed by atoms with Crippen LogP contribution in [0, 0.1) is 5.92 Å². The third-order valence-electron chi connectivity index (χ3n) is 4.40. The Bertz CT molecular complexity index is 193. The van der Waals surface area contributed by atoms with E-state index in [4.69, 9.17) is 0 Å². The summed E-state index contributed by atoms with van der Waals surface area (Å²) in [7, 11) is 2.12. The van der Waals surface area contributed by atoms with E-state index in [-0.39, 0.29) is 0 Å². The van der Waals surface area contributed by atoms with Crippen molar-refractivity contribution in [3.05, 3.63) is 0 Å². The molecule has 1 N–H and O–H groups in total. The van der Waals surface area contributed by atoms with Crippen LogP contribution in [0.1, 0.15) is 53.4 Å². The molecule has 1 saturated carbocycles. The fourth-order valence-electron chi connectivity index (χ4n) is 3.16. The molecule has 0 aromatic rings. The highest BCUT2D eigenvalue weighted by atomic mass is 15.2. The van der Waals surface area contributed by atoms with Crippen molar-refractivity contribution in [2.24, 2.45) is 5.92 Å². The molecule has 0 amide bonds. The summed E-state index contributed by atoms with van der Waals surface area (Å²) in [4.78, 5) is 2.71. The maximum atomic E-state index is 3.53. The van der Waals surface area contributed by atoms with Crippen molar-refractivity contribution < 1.29 is 0 Å². The molecular formula is C14H30N2. The van der Waals surface area contributed by atoms with E-state index in [9.17, 15) is 0 Å². The van der Waals surface area contributed by atoms with Crippen LogP contribution in [0.25, 0.3) is 0 Å². The molecule has 0 aromatic heterocycles. The Labute approximate surface area is 102 Å². The summed E-state index contributed by atoms with van der Waals surface area (Å²) in [5, 5.41) is 3.53. The zero-order chi connectivity index (χ0) is 12.1. The van der Waals surface area contributed by atoms with E-state index < -0.39 is 0 Å². The summed E-state index contributed by atoms with van der Waals surface area (Å²) in [6, 6.07) is 2.16. The highest BCUT2D eigenvalue weighted by Crippen LogP contribution is 2.29. The molecule has 0 heterocycles. The Balaban J connectivity index is 2.70. The largest absolute Gasteiger partial charge is 0.315 e. The first kappa shape index (κ1) is 14.0. The van der Waals surface area contributed by atoms with Crippen molar-refractivity contribution in [2.75, 3.05) is 13.6 Å². The van der Waals surface area contributed by atoms with Crippen LogP contribution in [-0.4, -0.2) is 36.6 Å². The minimum absolute atomic E-state index is 0.699. The predicted molar refractivity (Wildman–Crippen MR) is 71.8 cm³/mol. The van der Waals surface area contributed by atoms with Gasteiger partial charge in [-0.3, -0.25) is 4.90 Å². The second kappa shape index (κ2) is 6.61. The van der Waals surface area contributed by atoms with Gasteiger partial charge in [-0.25, -0.2) is 0 Å². The van der Waals surface area contributed by atoms with Crippen molar-refractivity contribution in [1.29, 1.82) is 0 Å². The van der Waals surface area contributed by atoms with Gasteiger partial charge in [0.1, 0.15) is 0 Å². The molecule has 0 bridgehead atoms. The van der Waals surface area contributed by atoms with E-state index in [0.717, 1.165) is 18.0 Å². The average Bonchev–Trinajstić information content (AvgIpc) is 2.30. The maximum absolute atomic E-state index is 3.53. The Morgan fingerprint density at radius 2 is 2.00 bits per heavy atom. The molecular weight excluding hydrogens is 196 g/mol. The van der Waals surface area contributed by atoms with Crippen LogP contribution >= 0.6 is 0 Å². The number of likely N-dealkylation sites (N-methyl/N-ethyl adjacent to an activating group) is 2. The molecule has 0 aromatic carbocycles. The summed E-state index contributed by atoms with van der Waals surface area (Å²) in [6.45, 7) is 10.6. The SMILES string of the molecule is CCC(C)N(CC)C1CC(C)CCC1NC. The van der Waals surface area contributed by atoms with Gasteiger partial charge >= 0.3 is 0 Å². The summed E-state index contributed by atoms with van der Waals surface area (Å²) in [5.74, 6) is 0.896. The van der Waals surface area contributed by atoms with E-state index in [0.29, 0.717) is 6.04 Å². The van der Waals surface area contributed by atoms with Crippen LogP contribution in [0.4, 0.5) is 0 Å². The number of nitrogens with one attached hydrogen (secondary N) is 1. The van der Waals surface area contributed by atoms with Gasteiger partial charge in [0.15, 0.2) is 0 Å². The molecule has 16 heavy (non-hydrogen) atoms. The number of hydrogen-bond donors (Lipinski definition) is 1. The Kier molecular flexibility index (Phi) is 5.77. The predicted octanol–water partition coefficient (Wildman–Crippen LogP) is 2.88. The average molecular weight is 226 g/mol. The van der Waals surface area contributed by atoms with E-state index in [2.05, 4.69) is 45.0 Å². The monoisotopic (exact) mass is 226 g/mol. The summed E-state index contributed by atoms with van der Waals surface area (Å²) < 4.78 is 0. The smallest absolute Gasteiger partial charge is 0.0254 e. The highest BCUT2D eigenvalue weighted by molar-refractivity contribution is 4.90. The lowest BCUT2D eigenvalue weighted by atomic mass is 9.82. The number of nitrogens with zero attached hydrogens (tertiary/aromatic N) is 1. The van der Waals surface area contributed by atoms with Gasteiger partial charge in [-0.2, -0.15) is 0 Å². The van der Waals surface area contributed by atoms with Crippen LogP contribution in [-0.2, 0) is 0 Å². The standard InChI is InChI=1S/C14H30N2/c1-6-12(4)16(7-2)14-10-11(3)8-9-13(14)15-5/h11-15H,6-10H2,1-5H3. The lowest BCUT2D eigenvalue weighted by molar-refractivity contribution is 0.0746. The molecule has 1 fully saturated rings. The first-order valence-corrected chi connectivity index (χ1v) is 7.06. The van der Waals surface area contributed by atoms with Crippen molar-refractivity contribution in [3.63, 3.8) is 0 Å². The first-order valence-electron chi connectivity index (χ1n) is 7.06. The zero-order valence-corrected chi connectivity index (χ0v) is 11.8. The topological polar surface area (TPSA) is 15.3 Å². The minimum Gasteiger partial charge on any atom is -0.315 e. The third-order valence-corrected chi connectivity index (χ3v) is 4.40. The lowest BCUT2D eigenvalue weighted by Gasteiger charge is -2.44. The lowest BCUT2D eigenvalue weighted by Crippen LogP contribution is -2.54. The van der Waals surface area contributed by atoms with Gasteiger partial charge in [0.2, 0.25) is 0 Å². The van der Waals surface area contributed by atoms with Crippen LogP contribution in [0.15, 0.2) is 0 Å². The van der Waals surface area contributed by atoms with Crippen LogP contribution < -0.4 is 5.32 Å². The zero-order valence-electron chi connectivity index (χ0n) is 11.8. The first-order chi connectivity index (χ1) is 7.63. The van der Waals surface area contributed by atoms with Crippen molar-refractivity contribution >= 4 is 0 Å². The molecule has 4 unspecified atom stereocenters. The molecule has 4 atom stereocenters. The van der Waals surface area contributed by atoms with E-state index in [1.165, 1.54) is 32.2 Å². The van der Waals surface area contributed by atoms with Crippen LogP contribution in [0.3, 0.4) is 0 Å². The van der Waals surface area contributed by atoms with Gasteiger partial charge in [0.25, 0.3) is 0 Å². The van der Waals surface area contributed by atoms with Gasteiger partial charge in [-0.05, 0) is 52.1 Å². The van der Waals surface area contributed by atoms with Gasteiger partial charge < -0.3 is 5.32 Å². The Hall–Kier alpha value is -0.0800. The molecule has 1 aliphatic carbocycles. The fraction of sp³-hybridized carbons (Fsp3) is 1.00. The molecule has 0 spiro atoms. The van der Waals surface area contributed by atoms with E-state index >= 15 is 0 Å². The maximum Gasteiger partial charge on any atom is 0.0254 e. The third kappa shape index (κ3) is 3.21. The van der Waals surface area contributed by atoms with Gasteiger partial charge in [0, 0.05) is 18.1 Å². The molecule has 2 nitrogen and oxygen atoms in total. The van der Waals surface area contributed by atoms with Gasteiger partial charge in [-0.15, -0.1) is 0 Å². The minimum atomic E-state index is 0.699. The Morgan fingerprint density at radius 1 is 1.31 bits per heavy atom. The van der Waals surface area contributed by atoms with Gasteiger partial charge in [0.05, 0.1) is 0 Å². The number of hydrogen-bond acceptors (Lipinski definition) is 2. The van der Waals surface area contributed by atoms with Crippen LogP contribution in [0.5, 0.6) is 0 Å². The quantitative estimate of drug-likeness (QED) is 0.775. The second-order valence-electron chi connectivity index (χ2n) is 5.47. The molecule has 1 aliphatic rings.